The Labute approximate surface area is 322 Å². The van der Waals surface area contributed by atoms with Crippen LogP contribution in [0.25, 0.3) is 0 Å². The van der Waals surface area contributed by atoms with Crippen molar-refractivity contribution in [2.75, 3.05) is 0 Å². The molecule has 0 amide bonds. The van der Waals surface area contributed by atoms with Crippen molar-refractivity contribution in [3.05, 3.63) is 58.7 Å². The van der Waals surface area contributed by atoms with Gasteiger partial charge >= 0.3 is 0 Å². The Bertz CT molecular complexity index is 1050. The topological polar surface area (TPSA) is 57.5 Å². The Hall–Kier alpha value is -2.29. The minimum absolute atomic E-state index is 0.00985. The van der Waals surface area contributed by atoms with E-state index in [4.69, 9.17) is 0 Å². The normalized spacial score (nSPS) is 11.4. The zero-order valence-corrected chi connectivity index (χ0v) is 34.3. The van der Waals surface area contributed by atoms with Crippen LogP contribution < -0.4 is 0 Å². The molecule has 52 heavy (non-hydrogen) atoms. The highest BCUT2D eigenvalue weighted by molar-refractivity contribution is 6.12. The maximum atomic E-state index is 13.2. The second kappa shape index (κ2) is 32.2. The van der Waals surface area contributed by atoms with E-state index in [-0.39, 0.29) is 28.4 Å². The fraction of sp³-hybridized carbons (Fsp3) is 0.735. The number of rotatable bonds is 36. The summed E-state index contributed by atoms with van der Waals surface area (Å²) in [6, 6.07) is 10.8. The summed E-state index contributed by atoms with van der Waals surface area (Å²) in [6.07, 6.45) is 45.3. The first-order valence-electron chi connectivity index (χ1n) is 22.7. The molecule has 0 spiro atoms. The largest absolute Gasteiger partial charge is 0.507 e. The Balaban J connectivity index is 1.51. The molecule has 2 aromatic rings. The van der Waals surface area contributed by atoms with Gasteiger partial charge in [-0.15, -0.1) is 0 Å². The first-order chi connectivity index (χ1) is 25.6. The van der Waals surface area contributed by atoms with E-state index >= 15 is 0 Å². The smallest absolute Gasteiger partial charge is 0.200 e. The third kappa shape index (κ3) is 22.7. The standard InChI is InChI=1S/C49H82O3/c1-3-5-7-9-11-13-15-17-19-21-23-25-27-29-31-33-35-43-37-39-45(47(50)41-43)49(52)46-40-38-44(42-48(46)51)36-34-32-30-28-26-24-22-20-18-16-14-12-10-8-6-4-2/h37-42,50-51H,3-36H2,1-2H3. The molecule has 0 aliphatic carbocycles. The summed E-state index contributed by atoms with van der Waals surface area (Å²) < 4.78 is 0. The van der Waals surface area contributed by atoms with Gasteiger partial charge in [-0.2, -0.15) is 0 Å². The monoisotopic (exact) mass is 719 g/mol. The van der Waals surface area contributed by atoms with Crippen molar-refractivity contribution in [1.82, 2.24) is 0 Å². The van der Waals surface area contributed by atoms with Gasteiger partial charge in [-0.1, -0.05) is 219 Å². The van der Waals surface area contributed by atoms with Gasteiger partial charge < -0.3 is 10.2 Å². The fourth-order valence-corrected chi connectivity index (χ4v) is 7.75. The zero-order valence-electron chi connectivity index (χ0n) is 34.3. The summed E-state index contributed by atoms with van der Waals surface area (Å²) >= 11 is 0. The Morgan fingerprint density at radius 3 is 0.827 bits per heavy atom. The van der Waals surface area contributed by atoms with Gasteiger partial charge in [-0.05, 0) is 61.1 Å². The number of phenolic OH excluding ortho intramolecular Hbond substituents is 2. The Morgan fingerprint density at radius 2 is 0.596 bits per heavy atom. The van der Waals surface area contributed by atoms with Crippen molar-refractivity contribution in [2.45, 2.75) is 232 Å². The van der Waals surface area contributed by atoms with Crippen LogP contribution in [0.2, 0.25) is 0 Å². The van der Waals surface area contributed by atoms with E-state index in [1.54, 1.807) is 24.3 Å². The second-order valence-corrected chi connectivity index (χ2v) is 16.1. The number of hydrogen-bond donors (Lipinski definition) is 2. The highest BCUT2D eigenvalue weighted by atomic mass is 16.3. The number of unbranched alkanes of at least 4 members (excludes halogenated alkanes) is 30. The summed E-state index contributed by atoms with van der Waals surface area (Å²) in [5.41, 5.74) is 2.66. The Kier molecular flexibility index (Phi) is 28.4. The maximum absolute atomic E-state index is 13.2. The lowest BCUT2D eigenvalue weighted by Crippen LogP contribution is -2.03. The summed E-state index contributed by atoms with van der Waals surface area (Å²) in [5, 5.41) is 21.4. The molecular formula is C49H82O3. The first kappa shape index (κ1) is 45.9. The van der Waals surface area contributed by atoms with Crippen molar-refractivity contribution in [3.8, 4) is 11.5 Å². The number of phenols is 2. The van der Waals surface area contributed by atoms with Crippen LogP contribution in [0.5, 0.6) is 11.5 Å². The zero-order chi connectivity index (χ0) is 37.3. The predicted octanol–water partition coefficient (Wildman–Crippen LogP) is 15.9. The van der Waals surface area contributed by atoms with E-state index in [0.717, 1.165) is 36.8 Å². The molecule has 3 heteroatoms. The third-order valence-corrected chi connectivity index (χ3v) is 11.3. The number of ketones is 1. The third-order valence-electron chi connectivity index (χ3n) is 11.3. The molecule has 0 saturated heterocycles. The molecular weight excluding hydrogens is 637 g/mol. The summed E-state index contributed by atoms with van der Waals surface area (Å²) in [7, 11) is 0. The number of aryl methyl sites for hydroxylation is 2. The van der Waals surface area contributed by atoms with Crippen LogP contribution in [-0.4, -0.2) is 16.0 Å². The van der Waals surface area contributed by atoms with Gasteiger partial charge in [0.2, 0.25) is 0 Å². The molecule has 0 radical (unpaired) electrons. The van der Waals surface area contributed by atoms with Gasteiger partial charge in [-0.25, -0.2) is 0 Å². The van der Waals surface area contributed by atoms with E-state index in [0.29, 0.717) is 0 Å². The van der Waals surface area contributed by atoms with Gasteiger partial charge in [0, 0.05) is 0 Å². The van der Waals surface area contributed by atoms with Crippen LogP contribution in [0.15, 0.2) is 36.4 Å². The molecule has 0 atom stereocenters. The molecule has 2 rings (SSSR count). The quantitative estimate of drug-likeness (QED) is 0.0545. The fourth-order valence-electron chi connectivity index (χ4n) is 7.75. The molecule has 296 valence electrons. The van der Waals surface area contributed by atoms with Crippen LogP contribution >= 0.6 is 0 Å². The summed E-state index contributed by atoms with van der Waals surface area (Å²) in [4.78, 5) is 13.2. The van der Waals surface area contributed by atoms with E-state index < -0.39 is 0 Å². The number of benzene rings is 2. The lowest BCUT2D eigenvalue weighted by atomic mass is 9.96. The molecule has 0 aliphatic heterocycles. The number of hydrogen-bond acceptors (Lipinski definition) is 3. The van der Waals surface area contributed by atoms with Crippen molar-refractivity contribution < 1.29 is 15.0 Å². The minimum Gasteiger partial charge on any atom is -0.507 e. The highest BCUT2D eigenvalue weighted by Crippen LogP contribution is 2.28. The van der Waals surface area contributed by atoms with Crippen molar-refractivity contribution in [3.63, 3.8) is 0 Å². The average molecular weight is 719 g/mol. The van der Waals surface area contributed by atoms with Gasteiger partial charge in [0.15, 0.2) is 5.78 Å². The molecule has 0 saturated carbocycles. The van der Waals surface area contributed by atoms with Gasteiger partial charge in [0.1, 0.15) is 11.5 Å². The molecule has 0 bridgehead atoms. The van der Waals surface area contributed by atoms with Gasteiger partial charge in [0.25, 0.3) is 0 Å². The average Bonchev–Trinajstić information content (AvgIpc) is 3.14. The van der Waals surface area contributed by atoms with Gasteiger partial charge in [-0.3, -0.25) is 4.79 Å². The van der Waals surface area contributed by atoms with Crippen LogP contribution in [0.4, 0.5) is 0 Å². The maximum Gasteiger partial charge on any atom is 0.200 e. The molecule has 2 aromatic carbocycles. The van der Waals surface area contributed by atoms with Gasteiger partial charge in [0.05, 0.1) is 11.1 Å². The molecule has 0 aliphatic rings. The van der Waals surface area contributed by atoms with Crippen LogP contribution in [0.1, 0.15) is 246 Å². The number of aromatic hydroxyl groups is 2. The summed E-state index contributed by atoms with van der Waals surface area (Å²) in [6.45, 7) is 4.57. The molecule has 0 fully saturated rings. The molecule has 0 heterocycles. The minimum atomic E-state index is -0.321. The van der Waals surface area contributed by atoms with Crippen molar-refractivity contribution in [2.24, 2.45) is 0 Å². The highest BCUT2D eigenvalue weighted by Gasteiger charge is 2.18. The number of carbonyl (C=O) groups excluding carboxylic acids is 1. The van der Waals surface area contributed by atoms with E-state index in [2.05, 4.69) is 13.8 Å². The lowest BCUT2D eigenvalue weighted by molar-refractivity contribution is 0.103. The van der Waals surface area contributed by atoms with Crippen molar-refractivity contribution >= 4 is 5.78 Å². The van der Waals surface area contributed by atoms with E-state index in [1.165, 1.54) is 193 Å². The number of carbonyl (C=O) groups is 1. The van der Waals surface area contributed by atoms with Crippen molar-refractivity contribution in [1.29, 1.82) is 0 Å². The van der Waals surface area contributed by atoms with Crippen LogP contribution in [0.3, 0.4) is 0 Å². The first-order valence-corrected chi connectivity index (χ1v) is 22.7. The molecule has 2 N–H and O–H groups in total. The molecule has 3 nitrogen and oxygen atoms in total. The Morgan fingerprint density at radius 1 is 0.365 bits per heavy atom. The van der Waals surface area contributed by atoms with E-state index in [1.807, 2.05) is 12.1 Å². The lowest BCUT2D eigenvalue weighted by Gasteiger charge is -2.10. The summed E-state index contributed by atoms with van der Waals surface area (Å²) in [5.74, 6) is -0.302. The molecule has 0 unspecified atom stereocenters. The van der Waals surface area contributed by atoms with E-state index in [9.17, 15) is 15.0 Å². The SMILES string of the molecule is CCCCCCCCCCCCCCCCCCc1ccc(C(=O)c2ccc(CCCCCCCCCCCCCCCCCC)cc2O)c(O)c1. The molecule has 0 aromatic heterocycles. The second-order valence-electron chi connectivity index (χ2n) is 16.1. The predicted molar refractivity (Wildman–Crippen MR) is 226 cm³/mol. The van der Waals surface area contributed by atoms with Crippen LogP contribution in [-0.2, 0) is 12.8 Å². The van der Waals surface area contributed by atoms with Crippen LogP contribution in [0, 0.1) is 0 Å².